The second-order valence-corrected chi connectivity index (χ2v) is 11.0. The highest BCUT2D eigenvalue weighted by Gasteiger charge is 2.41. The first kappa shape index (κ1) is 22.4. The Hall–Kier alpha value is -4.02. The Bertz CT molecular complexity index is 1640. The maximum atomic E-state index is 12.0. The molecule has 6 rings (SSSR count). The van der Waals surface area contributed by atoms with E-state index in [2.05, 4.69) is 15.1 Å². The van der Waals surface area contributed by atoms with E-state index in [1.54, 1.807) is 47.6 Å². The van der Waals surface area contributed by atoms with E-state index < -0.39 is 15.4 Å². The smallest absolute Gasteiger partial charge is 0.175 e. The number of sulfone groups is 1. The van der Waals surface area contributed by atoms with Crippen molar-refractivity contribution in [2.45, 2.75) is 17.0 Å². The fraction of sp³-hybridized carbons (Fsp3) is 0.192. The fourth-order valence-electron chi connectivity index (χ4n) is 4.31. The molecular formula is C26H23N5O4S. The highest BCUT2D eigenvalue weighted by molar-refractivity contribution is 7.90. The Morgan fingerprint density at radius 2 is 1.89 bits per heavy atom. The lowest BCUT2D eigenvalue weighted by atomic mass is 10.0. The van der Waals surface area contributed by atoms with E-state index in [0.29, 0.717) is 25.4 Å². The van der Waals surface area contributed by atoms with Crippen LogP contribution in [0, 0.1) is 0 Å². The van der Waals surface area contributed by atoms with Crippen molar-refractivity contribution in [3.8, 4) is 28.0 Å². The molecule has 9 nitrogen and oxygen atoms in total. The molecule has 4 heterocycles. The van der Waals surface area contributed by atoms with Crippen LogP contribution in [-0.4, -0.2) is 57.6 Å². The zero-order valence-corrected chi connectivity index (χ0v) is 20.3. The second-order valence-electron chi connectivity index (χ2n) is 9.01. The van der Waals surface area contributed by atoms with E-state index in [1.165, 1.54) is 6.26 Å². The van der Waals surface area contributed by atoms with Crippen molar-refractivity contribution in [1.82, 2.24) is 24.1 Å². The highest BCUT2D eigenvalue weighted by Crippen LogP contribution is 2.30. The standard InChI is InChI=1S/C26H23N5O4S/c1-36(32,33)23-4-2-3-20(11-23)24-13-29-31-14-21(12-28-25(24)31)19-5-7-22(8-6-19)35-26(16-34-17-26)15-30-10-9-27-18-30/h2-14,18H,15-17H2,1H3. The van der Waals surface area contributed by atoms with Crippen molar-refractivity contribution < 1.29 is 17.9 Å². The number of benzene rings is 2. The van der Waals surface area contributed by atoms with Gasteiger partial charge in [-0.2, -0.15) is 5.10 Å². The molecule has 1 fully saturated rings. The third-order valence-electron chi connectivity index (χ3n) is 6.21. The summed E-state index contributed by atoms with van der Waals surface area (Å²) in [6.07, 6.45) is 12.0. The van der Waals surface area contributed by atoms with E-state index >= 15 is 0 Å². The Labute approximate surface area is 207 Å². The summed E-state index contributed by atoms with van der Waals surface area (Å²) in [5, 5.41) is 4.45. The molecule has 0 bridgehead atoms. The van der Waals surface area contributed by atoms with Crippen LogP contribution < -0.4 is 4.74 Å². The van der Waals surface area contributed by atoms with Crippen molar-refractivity contribution in [3.05, 3.63) is 85.8 Å². The summed E-state index contributed by atoms with van der Waals surface area (Å²) in [6, 6.07) is 14.7. The summed E-state index contributed by atoms with van der Waals surface area (Å²) in [6.45, 7) is 1.73. The van der Waals surface area contributed by atoms with E-state index in [1.807, 2.05) is 47.3 Å². The lowest BCUT2D eigenvalue weighted by molar-refractivity contribution is -0.168. The minimum Gasteiger partial charge on any atom is -0.481 e. The molecule has 0 amide bonds. The number of hydrogen-bond donors (Lipinski definition) is 0. The van der Waals surface area contributed by atoms with Crippen LogP contribution in [0.2, 0.25) is 0 Å². The zero-order valence-electron chi connectivity index (χ0n) is 19.5. The monoisotopic (exact) mass is 501 g/mol. The van der Waals surface area contributed by atoms with Crippen LogP contribution >= 0.6 is 0 Å². The van der Waals surface area contributed by atoms with Crippen molar-refractivity contribution >= 4 is 15.5 Å². The lowest BCUT2D eigenvalue weighted by Gasteiger charge is -2.41. The molecule has 0 spiro atoms. The first-order chi connectivity index (χ1) is 17.4. The van der Waals surface area contributed by atoms with Crippen molar-refractivity contribution in [1.29, 1.82) is 0 Å². The average Bonchev–Trinajstić information content (AvgIpc) is 3.52. The molecule has 1 saturated heterocycles. The lowest BCUT2D eigenvalue weighted by Crippen LogP contribution is -2.57. The Balaban J connectivity index is 1.24. The molecule has 2 aromatic carbocycles. The van der Waals surface area contributed by atoms with Crippen LogP contribution in [0.1, 0.15) is 0 Å². The summed E-state index contributed by atoms with van der Waals surface area (Å²) in [7, 11) is -3.31. The largest absolute Gasteiger partial charge is 0.481 e. The van der Waals surface area contributed by atoms with Crippen LogP contribution in [0.5, 0.6) is 5.75 Å². The van der Waals surface area contributed by atoms with E-state index in [0.717, 1.165) is 28.0 Å². The molecule has 3 aromatic heterocycles. The maximum Gasteiger partial charge on any atom is 0.175 e. The first-order valence-electron chi connectivity index (χ1n) is 11.4. The quantitative estimate of drug-likeness (QED) is 0.336. The number of nitrogens with zero attached hydrogens (tertiary/aromatic N) is 5. The number of fused-ring (bicyclic) bond motifs is 1. The van der Waals surface area contributed by atoms with Gasteiger partial charge in [-0.25, -0.2) is 22.9 Å². The Morgan fingerprint density at radius 1 is 1.06 bits per heavy atom. The third kappa shape index (κ3) is 4.25. The number of hydrogen-bond acceptors (Lipinski definition) is 7. The minimum absolute atomic E-state index is 0.263. The summed E-state index contributed by atoms with van der Waals surface area (Å²) in [4.78, 5) is 8.99. The first-order valence-corrected chi connectivity index (χ1v) is 13.2. The van der Waals surface area contributed by atoms with Gasteiger partial charge in [0.2, 0.25) is 0 Å². The summed E-state index contributed by atoms with van der Waals surface area (Å²) in [5.41, 5.74) is 3.63. The van der Waals surface area contributed by atoms with Crippen LogP contribution in [0.4, 0.5) is 0 Å². The van der Waals surface area contributed by atoms with E-state index in [9.17, 15) is 8.42 Å². The molecule has 1 aliphatic rings. The highest BCUT2D eigenvalue weighted by atomic mass is 32.2. The summed E-state index contributed by atoms with van der Waals surface area (Å²) in [5.74, 6) is 0.767. The maximum absolute atomic E-state index is 12.0. The van der Waals surface area contributed by atoms with Gasteiger partial charge in [0.15, 0.2) is 21.1 Å². The van der Waals surface area contributed by atoms with Crippen LogP contribution in [0.3, 0.4) is 0 Å². The Morgan fingerprint density at radius 3 is 2.58 bits per heavy atom. The summed E-state index contributed by atoms with van der Waals surface area (Å²) < 4.78 is 39.4. The number of rotatable bonds is 7. The molecule has 0 saturated carbocycles. The topological polar surface area (TPSA) is 101 Å². The molecule has 36 heavy (non-hydrogen) atoms. The third-order valence-corrected chi connectivity index (χ3v) is 7.32. The molecule has 0 atom stereocenters. The molecular weight excluding hydrogens is 478 g/mol. The molecule has 0 aliphatic carbocycles. The predicted octanol–water partition coefficient (Wildman–Crippen LogP) is 3.51. The van der Waals surface area contributed by atoms with Gasteiger partial charge in [0.25, 0.3) is 0 Å². The van der Waals surface area contributed by atoms with Gasteiger partial charge >= 0.3 is 0 Å². The average molecular weight is 502 g/mol. The fourth-order valence-corrected chi connectivity index (χ4v) is 4.98. The summed E-state index contributed by atoms with van der Waals surface area (Å²) >= 11 is 0. The zero-order chi connectivity index (χ0) is 24.8. The predicted molar refractivity (Wildman–Crippen MR) is 133 cm³/mol. The minimum atomic E-state index is -3.31. The number of imidazole rings is 1. The van der Waals surface area contributed by atoms with Crippen LogP contribution in [-0.2, 0) is 21.1 Å². The number of ether oxygens (including phenoxy) is 2. The second kappa shape index (κ2) is 8.58. The molecule has 5 aromatic rings. The van der Waals surface area contributed by atoms with Gasteiger partial charge in [-0.1, -0.05) is 24.3 Å². The molecule has 1 aliphatic heterocycles. The van der Waals surface area contributed by atoms with E-state index in [4.69, 9.17) is 9.47 Å². The van der Waals surface area contributed by atoms with Gasteiger partial charge in [-0.3, -0.25) is 0 Å². The Kier molecular flexibility index (Phi) is 5.35. The molecule has 10 heteroatoms. The van der Waals surface area contributed by atoms with Gasteiger partial charge in [0.1, 0.15) is 5.75 Å². The molecule has 0 unspecified atom stereocenters. The molecule has 0 radical (unpaired) electrons. The van der Waals surface area contributed by atoms with Gasteiger partial charge in [-0.05, 0) is 35.4 Å². The van der Waals surface area contributed by atoms with Crippen molar-refractivity contribution in [3.63, 3.8) is 0 Å². The van der Waals surface area contributed by atoms with Crippen molar-refractivity contribution in [2.75, 3.05) is 19.5 Å². The van der Waals surface area contributed by atoms with Gasteiger partial charge < -0.3 is 14.0 Å². The van der Waals surface area contributed by atoms with Gasteiger partial charge in [0.05, 0.1) is 37.2 Å². The van der Waals surface area contributed by atoms with E-state index in [-0.39, 0.29) is 4.90 Å². The van der Waals surface area contributed by atoms with Crippen LogP contribution in [0.15, 0.2) is 90.7 Å². The van der Waals surface area contributed by atoms with Crippen LogP contribution in [0.25, 0.3) is 27.9 Å². The number of aromatic nitrogens is 5. The van der Waals surface area contributed by atoms with Gasteiger partial charge in [0, 0.05) is 42.2 Å². The van der Waals surface area contributed by atoms with Gasteiger partial charge in [-0.15, -0.1) is 0 Å². The van der Waals surface area contributed by atoms with Crippen molar-refractivity contribution in [2.24, 2.45) is 0 Å². The normalized spacial score (nSPS) is 15.0. The molecule has 0 N–H and O–H groups in total. The SMILES string of the molecule is CS(=O)(=O)c1cccc(-c2cnn3cc(-c4ccc(OC5(Cn6ccnc6)COC5)cc4)cnc23)c1. The molecule has 182 valence electrons.